The molecule has 0 aliphatic heterocycles. The van der Waals surface area contributed by atoms with Crippen LogP contribution in [0.4, 0.5) is 0 Å². The molecule has 0 aromatic rings. The predicted octanol–water partition coefficient (Wildman–Crippen LogP) is -2.42. The van der Waals surface area contributed by atoms with E-state index < -0.39 is 73.1 Å². The second kappa shape index (κ2) is 14.2. The van der Waals surface area contributed by atoms with Gasteiger partial charge in [-0.15, -0.1) is 0 Å². The summed E-state index contributed by atoms with van der Waals surface area (Å²) >= 11 is 1.49. The van der Waals surface area contributed by atoms with Crippen LogP contribution in [0.3, 0.4) is 0 Å². The molecule has 3 unspecified atom stereocenters. The van der Waals surface area contributed by atoms with E-state index >= 15 is 0 Å². The SMILES string of the molecule is CSCCC(N)C(=O)NCC(=O)NC(CCC(=O)O)C(=O)NC(CC(=O)O)C(=O)O. The number of hydrogen-bond donors (Lipinski definition) is 7. The van der Waals surface area contributed by atoms with Crippen LogP contribution in [0, 0.1) is 0 Å². The molecule has 13 nitrogen and oxygen atoms in total. The molecule has 0 radical (unpaired) electrons. The summed E-state index contributed by atoms with van der Waals surface area (Å²) < 4.78 is 0. The number of thioether (sulfide) groups is 1. The van der Waals surface area contributed by atoms with Gasteiger partial charge in [0.25, 0.3) is 0 Å². The maximum atomic E-state index is 12.3. The molecule has 30 heavy (non-hydrogen) atoms. The third kappa shape index (κ3) is 11.9. The van der Waals surface area contributed by atoms with E-state index in [9.17, 15) is 28.8 Å². The van der Waals surface area contributed by atoms with Crippen LogP contribution in [-0.4, -0.2) is 87.6 Å². The Morgan fingerprint density at radius 2 is 1.53 bits per heavy atom. The van der Waals surface area contributed by atoms with Crippen LogP contribution < -0.4 is 21.7 Å². The first-order valence-electron chi connectivity index (χ1n) is 8.76. The maximum Gasteiger partial charge on any atom is 0.326 e. The first-order chi connectivity index (χ1) is 14.0. The van der Waals surface area contributed by atoms with Crippen molar-refractivity contribution in [3.8, 4) is 0 Å². The zero-order valence-electron chi connectivity index (χ0n) is 16.3. The van der Waals surface area contributed by atoms with Gasteiger partial charge in [-0.2, -0.15) is 11.8 Å². The Labute approximate surface area is 176 Å². The number of nitrogens with two attached hydrogens (primary N) is 1. The van der Waals surface area contributed by atoms with E-state index in [-0.39, 0.29) is 6.42 Å². The fraction of sp³-hybridized carbons (Fsp3) is 0.625. The molecule has 0 aromatic heterocycles. The molecule has 0 bridgehead atoms. The number of rotatable bonds is 15. The van der Waals surface area contributed by atoms with Gasteiger partial charge in [0.2, 0.25) is 17.7 Å². The molecule has 0 fully saturated rings. The minimum atomic E-state index is -1.77. The number of carboxylic acids is 3. The quantitative estimate of drug-likeness (QED) is 0.139. The first kappa shape index (κ1) is 27.1. The zero-order chi connectivity index (χ0) is 23.3. The molecule has 14 heteroatoms. The average Bonchev–Trinajstić information content (AvgIpc) is 2.65. The molecule has 170 valence electrons. The molecular weight excluding hydrogens is 424 g/mol. The van der Waals surface area contributed by atoms with Crippen LogP contribution in [0.2, 0.25) is 0 Å². The van der Waals surface area contributed by atoms with Crippen LogP contribution in [-0.2, 0) is 28.8 Å². The van der Waals surface area contributed by atoms with Crippen molar-refractivity contribution >= 4 is 47.4 Å². The summed E-state index contributed by atoms with van der Waals surface area (Å²) in [4.78, 5) is 68.7. The average molecular weight is 450 g/mol. The van der Waals surface area contributed by atoms with E-state index in [4.69, 9.17) is 21.1 Å². The van der Waals surface area contributed by atoms with Gasteiger partial charge in [0, 0.05) is 6.42 Å². The fourth-order valence-corrected chi connectivity index (χ4v) is 2.59. The normalized spacial score (nSPS) is 13.4. The van der Waals surface area contributed by atoms with Crippen molar-refractivity contribution < 1.29 is 44.1 Å². The molecule has 0 aromatic carbocycles. The number of carbonyl (C=O) groups excluding carboxylic acids is 3. The fourth-order valence-electron chi connectivity index (χ4n) is 2.10. The molecule has 3 atom stereocenters. The van der Waals surface area contributed by atoms with Gasteiger partial charge < -0.3 is 37.0 Å². The van der Waals surface area contributed by atoms with Crippen LogP contribution in [0.15, 0.2) is 0 Å². The molecule has 0 saturated carbocycles. The van der Waals surface area contributed by atoms with E-state index in [1.165, 1.54) is 11.8 Å². The van der Waals surface area contributed by atoms with Gasteiger partial charge in [0.1, 0.15) is 12.1 Å². The number of amides is 3. The molecule has 0 heterocycles. The van der Waals surface area contributed by atoms with Gasteiger partial charge in [-0.05, 0) is 24.9 Å². The highest BCUT2D eigenvalue weighted by Gasteiger charge is 2.28. The Hall–Kier alpha value is -2.87. The Balaban J connectivity index is 4.94. The second-order valence-electron chi connectivity index (χ2n) is 6.16. The van der Waals surface area contributed by atoms with Crippen molar-refractivity contribution in [3.63, 3.8) is 0 Å². The first-order valence-corrected chi connectivity index (χ1v) is 10.2. The smallest absolute Gasteiger partial charge is 0.326 e. The van der Waals surface area contributed by atoms with Crippen LogP contribution in [0.1, 0.15) is 25.7 Å². The van der Waals surface area contributed by atoms with Gasteiger partial charge in [-0.1, -0.05) is 0 Å². The Kier molecular flexibility index (Phi) is 12.8. The van der Waals surface area contributed by atoms with Crippen molar-refractivity contribution in [1.29, 1.82) is 0 Å². The summed E-state index contributed by atoms with van der Waals surface area (Å²) in [5.74, 6) is -6.21. The number of aliphatic carboxylic acids is 3. The van der Waals surface area contributed by atoms with Gasteiger partial charge >= 0.3 is 17.9 Å². The zero-order valence-corrected chi connectivity index (χ0v) is 17.1. The summed E-state index contributed by atoms with van der Waals surface area (Å²) in [5, 5.41) is 32.9. The summed E-state index contributed by atoms with van der Waals surface area (Å²) in [7, 11) is 0. The Morgan fingerprint density at radius 1 is 0.900 bits per heavy atom. The lowest BCUT2D eigenvalue weighted by molar-refractivity contribution is -0.147. The highest BCUT2D eigenvalue weighted by atomic mass is 32.2. The highest BCUT2D eigenvalue weighted by molar-refractivity contribution is 7.98. The van der Waals surface area contributed by atoms with Crippen molar-refractivity contribution in [2.24, 2.45) is 5.73 Å². The number of hydrogen-bond acceptors (Lipinski definition) is 8. The van der Waals surface area contributed by atoms with Crippen LogP contribution >= 0.6 is 11.8 Å². The molecule has 0 spiro atoms. The Bertz CT molecular complexity index is 659. The van der Waals surface area contributed by atoms with Gasteiger partial charge in [-0.3, -0.25) is 24.0 Å². The summed E-state index contributed by atoms with van der Waals surface area (Å²) in [6.45, 7) is -0.542. The third-order valence-corrected chi connectivity index (χ3v) is 4.33. The van der Waals surface area contributed by atoms with Gasteiger partial charge in [-0.25, -0.2) is 4.79 Å². The number of carbonyl (C=O) groups is 6. The van der Waals surface area contributed by atoms with Gasteiger partial charge in [0.15, 0.2) is 0 Å². The predicted molar refractivity (Wildman–Crippen MR) is 105 cm³/mol. The lowest BCUT2D eigenvalue weighted by Crippen LogP contribution is -2.54. The molecule has 0 saturated heterocycles. The van der Waals surface area contributed by atoms with E-state index in [1.807, 2.05) is 11.6 Å². The molecule has 8 N–H and O–H groups in total. The largest absolute Gasteiger partial charge is 0.481 e. The monoisotopic (exact) mass is 450 g/mol. The van der Waals surface area contributed by atoms with Crippen molar-refractivity contribution in [2.75, 3.05) is 18.6 Å². The Morgan fingerprint density at radius 3 is 2.03 bits per heavy atom. The van der Waals surface area contributed by atoms with Crippen LogP contribution in [0.25, 0.3) is 0 Å². The van der Waals surface area contributed by atoms with E-state index in [0.29, 0.717) is 12.2 Å². The summed E-state index contributed by atoms with van der Waals surface area (Å²) in [6.07, 6.45) is 0.406. The van der Waals surface area contributed by atoms with E-state index in [2.05, 4.69) is 10.6 Å². The molecule has 0 rings (SSSR count). The highest BCUT2D eigenvalue weighted by Crippen LogP contribution is 2.02. The summed E-state index contributed by atoms with van der Waals surface area (Å²) in [5.41, 5.74) is 5.65. The van der Waals surface area contributed by atoms with Crippen molar-refractivity contribution in [1.82, 2.24) is 16.0 Å². The molecule has 0 aliphatic carbocycles. The lowest BCUT2D eigenvalue weighted by Gasteiger charge is -2.20. The van der Waals surface area contributed by atoms with Crippen molar-refractivity contribution in [3.05, 3.63) is 0 Å². The van der Waals surface area contributed by atoms with Gasteiger partial charge in [0.05, 0.1) is 19.0 Å². The van der Waals surface area contributed by atoms with Crippen LogP contribution in [0.5, 0.6) is 0 Å². The standard InChI is InChI=1S/C16H26N4O9S/c1-30-5-4-8(17)14(26)18-7-11(21)19-9(2-3-12(22)23)15(27)20-10(16(28)29)6-13(24)25/h8-10H,2-7,17H2,1H3,(H,18,26)(H,19,21)(H,20,27)(H,22,23)(H,24,25)(H,28,29). The van der Waals surface area contributed by atoms with E-state index in [0.717, 1.165) is 0 Å². The van der Waals surface area contributed by atoms with Crippen molar-refractivity contribution in [2.45, 2.75) is 43.8 Å². The maximum absolute atomic E-state index is 12.3. The third-order valence-electron chi connectivity index (χ3n) is 3.68. The molecular formula is C16H26N4O9S. The lowest BCUT2D eigenvalue weighted by atomic mass is 10.1. The number of nitrogens with one attached hydrogen (secondary N) is 3. The number of carboxylic acid groups (broad SMARTS) is 3. The molecule has 3 amide bonds. The molecule has 0 aliphatic rings. The van der Waals surface area contributed by atoms with E-state index in [1.54, 1.807) is 0 Å². The second-order valence-corrected chi connectivity index (χ2v) is 7.14. The summed E-state index contributed by atoms with van der Waals surface area (Å²) in [6, 6.07) is -4.05. The minimum absolute atomic E-state index is 0.381. The topological polar surface area (TPSA) is 225 Å². The minimum Gasteiger partial charge on any atom is -0.481 e.